The van der Waals surface area contributed by atoms with Crippen molar-refractivity contribution in [3.8, 4) is 0 Å². The van der Waals surface area contributed by atoms with Crippen LogP contribution in [0.1, 0.15) is 27.0 Å². The van der Waals surface area contributed by atoms with Gasteiger partial charge in [-0.2, -0.15) is 0 Å². The van der Waals surface area contributed by atoms with Crippen molar-refractivity contribution in [1.29, 1.82) is 0 Å². The van der Waals surface area contributed by atoms with Crippen LogP contribution in [0, 0.1) is 6.92 Å². The Hall–Kier alpha value is -1.65. The Morgan fingerprint density at radius 3 is 2.67 bits per heavy atom. The van der Waals surface area contributed by atoms with E-state index in [9.17, 15) is 4.79 Å². The molecular formula is C17H18BrNO2. The maximum absolute atomic E-state index is 11.4. The number of carbonyl (C=O) groups is 1. The maximum atomic E-state index is 11.4. The summed E-state index contributed by atoms with van der Waals surface area (Å²) in [6.07, 6.45) is 0. The highest BCUT2D eigenvalue weighted by Gasteiger charge is 2.08. The molecule has 0 bridgehead atoms. The topological polar surface area (TPSA) is 38.3 Å². The highest BCUT2D eigenvalue weighted by atomic mass is 79.9. The molecule has 0 aliphatic rings. The molecule has 110 valence electrons. The lowest BCUT2D eigenvalue weighted by Crippen LogP contribution is -2.13. The Kier molecular flexibility index (Phi) is 5.53. The molecular weight excluding hydrogens is 330 g/mol. The molecule has 0 heterocycles. The van der Waals surface area contributed by atoms with E-state index in [1.165, 1.54) is 18.2 Å². The molecule has 0 saturated heterocycles. The summed E-state index contributed by atoms with van der Waals surface area (Å²) >= 11 is 3.49. The summed E-state index contributed by atoms with van der Waals surface area (Å²) in [6, 6.07) is 13.9. The third-order valence-corrected chi connectivity index (χ3v) is 3.94. The summed E-state index contributed by atoms with van der Waals surface area (Å²) < 4.78 is 5.61. The lowest BCUT2D eigenvalue weighted by Gasteiger charge is -2.09. The van der Waals surface area contributed by atoms with E-state index < -0.39 is 0 Å². The fraction of sp³-hybridized carbons (Fsp3) is 0.235. The van der Waals surface area contributed by atoms with Gasteiger partial charge in [0, 0.05) is 17.6 Å². The number of methoxy groups -OCH3 is 1. The van der Waals surface area contributed by atoms with E-state index in [2.05, 4.69) is 52.4 Å². The second-order valence-electron chi connectivity index (χ2n) is 4.89. The summed E-state index contributed by atoms with van der Waals surface area (Å²) in [4.78, 5) is 11.4. The first-order valence-corrected chi connectivity index (χ1v) is 7.52. The van der Waals surface area contributed by atoms with E-state index in [1.54, 1.807) is 12.1 Å². The number of ether oxygens (including phenoxy) is 1. The second kappa shape index (κ2) is 7.38. The van der Waals surface area contributed by atoms with Crippen LogP contribution in [-0.4, -0.2) is 13.1 Å². The van der Waals surface area contributed by atoms with Gasteiger partial charge in [-0.25, -0.2) is 4.79 Å². The molecule has 21 heavy (non-hydrogen) atoms. The number of aryl methyl sites for hydroxylation is 1. The van der Waals surface area contributed by atoms with Crippen LogP contribution in [0.2, 0.25) is 0 Å². The Balaban J connectivity index is 1.96. The third kappa shape index (κ3) is 4.41. The van der Waals surface area contributed by atoms with Crippen molar-refractivity contribution in [2.75, 3.05) is 7.11 Å². The van der Waals surface area contributed by atoms with Crippen LogP contribution in [0.3, 0.4) is 0 Å². The van der Waals surface area contributed by atoms with Gasteiger partial charge >= 0.3 is 5.97 Å². The van der Waals surface area contributed by atoms with Crippen molar-refractivity contribution < 1.29 is 9.53 Å². The van der Waals surface area contributed by atoms with Crippen LogP contribution >= 0.6 is 15.9 Å². The van der Waals surface area contributed by atoms with E-state index in [0.29, 0.717) is 5.56 Å². The standard InChI is InChI=1S/C17H18BrNO2/c1-12-4-3-5-13(8-12)10-19-11-15-7-6-14(9-16(15)18)17(20)21-2/h3-9,19H,10-11H2,1-2H3. The van der Waals surface area contributed by atoms with Crippen LogP contribution in [-0.2, 0) is 17.8 Å². The average Bonchev–Trinajstić information content (AvgIpc) is 2.48. The largest absolute Gasteiger partial charge is 0.465 e. The van der Waals surface area contributed by atoms with Crippen LogP contribution < -0.4 is 5.32 Å². The highest BCUT2D eigenvalue weighted by Crippen LogP contribution is 2.19. The Bertz CT molecular complexity index is 640. The highest BCUT2D eigenvalue weighted by molar-refractivity contribution is 9.10. The van der Waals surface area contributed by atoms with E-state index in [1.807, 2.05) is 6.07 Å². The van der Waals surface area contributed by atoms with Crippen molar-refractivity contribution in [3.05, 3.63) is 69.2 Å². The molecule has 0 fully saturated rings. The number of esters is 1. The third-order valence-electron chi connectivity index (χ3n) is 3.20. The van der Waals surface area contributed by atoms with Gasteiger partial charge in [-0.1, -0.05) is 51.8 Å². The molecule has 0 spiro atoms. The van der Waals surface area contributed by atoms with Gasteiger partial charge in [0.25, 0.3) is 0 Å². The summed E-state index contributed by atoms with van der Waals surface area (Å²) in [6.45, 7) is 3.63. The van der Waals surface area contributed by atoms with E-state index in [4.69, 9.17) is 4.74 Å². The number of rotatable bonds is 5. The first kappa shape index (κ1) is 15.7. The SMILES string of the molecule is COC(=O)c1ccc(CNCc2cccc(C)c2)c(Br)c1. The van der Waals surface area contributed by atoms with Crippen molar-refractivity contribution >= 4 is 21.9 Å². The van der Waals surface area contributed by atoms with Gasteiger partial charge in [0.2, 0.25) is 0 Å². The summed E-state index contributed by atoms with van der Waals surface area (Å²) in [5.74, 6) is -0.324. The zero-order chi connectivity index (χ0) is 15.2. The first-order valence-electron chi connectivity index (χ1n) is 6.73. The normalized spacial score (nSPS) is 10.4. The monoisotopic (exact) mass is 347 g/mol. The van der Waals surface area contributed by atoms with Crippen molar-refractivity contribution in [3.63, 3.8) is 0 Å². The lowest BCUT2D eigenvalue weighted by atomic mass is 10.1. The zero-order valence-electron chi connectivity index (χ0n) is 12.2. The number of nitrogens with one attached hydrogen (secondary N) is 1. The molecule has 0 saturated carbocycles. The summed E-state index contributed by atoms with van der Waals surface area (Å²) in [5, 5.41) is 3.40. The Labute approximate surface area is 133 Å². The molecule has 0 unspecified atom stereocenters. The van der Waals surface area contributed by atoms with E-state index >= 15 is 0 Å². The molecule has 2 rings (SSSR count). The van der Waals surface area contributed by atoms with Crippen LogP contribution in [0.5, 0.6) is 0 Å². The first-order chi connectivity index (χ1) is 10.1. The second-order valence-corrected chi connectivity index (χ2v) is 5.74. The molecule has 0 aromatic heterocycles. The smallest absolute Gasteiger partial charge is 0.337 e. The molecule has 0 amide bonds. The molecule has 0 atom stereocenters. The van der Waals surface area contributed by atoms with Gasteiger partial charge in [-0.15, -0.1) is 0 Å². The average molecular weight is 348 g/mol. The van der Waals surface area contributed by atoms with Crippen molar-refractivity contribution in [2.24, 2.45) is 0 Å². The fourth-order valence-corrected chi connectivity index (χ4v) is 2.62. The van der Waals surface area contributed by atoms with E-state index in [0.717, 1.165) is 23.1 Å². The predicted molar refractivity (Wildman–Crippen MR) is 87.2 cm³/mol. The molecule has 3 nitrogen and oxygen atoms in total. The molecule has 0 aliphatic carbocycles. The van der Waals surface area contributed by atoms with Gasteiger partial charge in [0.15, 0.2) is 0 Å². The van der Waals surface area contributed by atoms with Gasteiger partial charge in [0.1, 0.15) is 0 Å². The fourth-order valence-electron chi connectivity index (χ4n) is 2.10. The summed E-state index contributed by atoms with van der Waals surface area (Å²) in [7, 11) is 1.38. The van der Waals surface area contributed by atoms with Crippen molar-refractivity contribution in [2.45, 2.75) is 20.0 Å². The number of hydrogen-bond acceptors (Lipinski definition) is 3. The predicted octanol–water partition coefficient (Wildman–Crippen LogP) is 3.83. The molecule has 1 N–H and O–H groups in total. The maximum Gasteiger partial charge on any atom is 0.337 e. The number of benzene rings is 2. The van der Waals surface area contributed by atoms with Gasteiger partial charge in [0.05, 0.1) is 12.7 Å². The Morgan fingerprint density at radius 2 is 2.00 bits per heavy atom. The number of halogens is 1. The summed E-state index contributed by atoms with van der Waals surface area (Å²) in [5.41, 5.74) is 4.18. The Morgan fingerprint density at radius 1 is 1.19 bits per heavy atom. The molecule has 0 aliphatic heterocycles. The van der Waals surface area contributed by atoms with Crippen molar-refractivity contribution in [1.82, 2.24) is 5.32 Å². The quantitative estimate of drug-likeness (QED) is 0.835. The molecule has 2 aromatic rings. The van der Waals surface area contributed by atoms with E-state index in [-0.39, 0.29) is 5.97 Å². The van der Waals surface area contributed by atoms with Gasteiger partial charge < -0.3 is 10.1 Å². The van der Waals surface area contributed by atoms with Crippen LogP contribution in [0.25, 0.3) is 0 Å². The zero-order valence-corrected chi connectivity index (χ0v) is 13.7. The molecule has 4 heteroatoms. The number of carbonyl (C=O) groups excluding carboxylic acids is 1. The van der Waals surface area contributed by atoms with Gasteiger partial charge in [-0.3, -0.25) is 0 Å². The number of hydrogen-bond donors (Lipinski definition) is 1. The lowest BCUT2D eigenvalue weighted by molar-refractivity contribution is 0.0600. The van der Waals surface area contributed by atoms with Gasteiger partial charge in [-0.05, 0) is 30.2 Å². The minimum atomic E-state index is -0.324. The van der Waals surface area contributed by atoms with Crippen LogP contribution in [0.15, 0.2) is 46.9 Å². The minimum absolute atomic E-state index is 0.324. The molecule has 2 aromatic carbocycles. The molecule has 0 radical (unpaired) electrons. The minimum Gasteiger partial charge on any atom is -0.465 e. The van der Waals surface area contributed by atoms with Crippen LogP contribution in [0.4, 0.5) is 0 Å².